The van der Waals surface area contributed by atoms with Gasteiger partial charge >= 0.3 is 0 Å². The quantitative estimate of drug-likeness (QED) is 0.842. The molecule has 0 atom stereocenters. The maximum atomic E-state index is 12.7. The molecule has 0 spiro atoms. The first-order valence-corrected chi connectivity index (χ1v) is 8.20. The van der Waals surface area contributed by atoms with E-state index in [-0.39, 0.29) is 14.9 Å². The smallest absolute Gasteiger partial charge is 0.265 e. The van der Waals surface area contributed by atoms with E-state index in [0.717, 1.165) is 0 Å². The van der Waals surface area contributed by atoms with E-state index in [2.05, 4.69) is 0 Å². The average Bonchev–Trinajstić information content (AvgIpc) is 2.43. The van der Waals surface area contributed by atoms with Crippen LogP contribution in [0.2, 0.25) is 10.0 Å². The highest BCUT2D eigenvalue weighted by Gasteiger charge is 2.26. The predicted molar refractivity (Wildman–Crippen MR) is 83.1 cm³/mol. The van der Waals surface area contributed by atoms with Crippen molar-refractivity contribution in [2.45, 2.75) is 11.8 Å². The number of hydrogen-bond acceptors (Lipinski definition) is 2. The van der Waals surface area contributed by atoms with Crippen LogP contribution in [0, 0.1) is 0 Å². The predicted octanol–water partition coefficient (Wildman–Crippen LogP) is 4.21. The van der Waals surface area contributed by atoms with Crippen LogP contribution in [-0.2, 0) is 10.0 Å². The van der Waals surface area contributed by atoms with Gasteiger partial charge in [0.15, 0.2) is 0 Å². The van der Waals surface area contributed by atoms with Gasteiger partial charge < -0.3 is 0 Å². The monoisotopic (exact) mass is 329 g/mol. The minimum atomic E-state index is -3.74. The molecule has 0 aliphatic carbocycles. The SMILES string of the molecule is CCN(c1ccccc1)S(=O)(=O)c1cccc(Cl)c1Cl. The third-order valence-electron chi connectivity index (χ3n) is 2.82. The van der Waals surface area contributed by atoms with Gasteiger partial charge in [0.05, 0.1) is 15.7 Å². The largest absolute Gasteiger partial charge is 0.267 e. The van der Waals surface area contributed by atoms with Gasteiger partial charge in [0.2, 0.25) is 0 Å². The van der Waals surface area contributed by atoms with E-state index in [1.54, 1.807) is 43.3 Å². The second kappa shape index (κ2) is 6.04. The molecule has 0 aliphatic heterocycles. The molecular weight excluding hydrogens is 317 g/mol. The number of hydrogen-bond donors (Lipinski definition) is 0. The molecule has 0 fully saturated rings. The van der Waals surface area contributed by atoms with Gasteiger partial charge in [0, 0.05) is 6.54 Å². The lowest BCUT2D eigenvalue weighted by molar-refractivity contribution is 0.592. The molecule has 0 bridgehead atoms. The van der Waals surface area contributed by atoms with Crippen LogP contribution in [0.1, 0.15) is 6.92 Å². The second-order valence-corrected chi connectivity index (χ2v) is 6.67. The van der Waals surface area contributed by atoms with Crippen molar-refractivity contribution in [3.8, 4) is 0 Å². The van der Waals surface area contributed by atoms with Crippen molar-refractivity contribution in [3.05, 3.63) is 58.6 Å². The number of sulfonamides is 1. The van der Waals surface area contributed by atoms with Crippen molar-refractivity contribution >= 4 is 38.9 Å². The average molecular weight is 330 g/mol. The van der Waals surface area contributed by atoms with Crippen molar-refractivity contribution in [1.29, 1.82) is 0 Å². The Morgan fingerprint density at radius 3 is 2.25 bits per heavy atom. The summed E-state index contributed by atoms with van der Waals surface area (Å²) in [5.74, 6) is 0. The van der Waals surface area contributed by atoms with Crippen LogP contribution in [0.3, 0.4) is 0 Å². The maximum absolute atomic E-state index is 12.7. The van der Waals surface area contributed by atoms with Crippen LogP contribution < -0.4 is 4.31 Å². The Hall–Kier alpha value is -1.23. The molecular formula is C14H13Cl2NO2S. The summed E-state index contributed by atoms with van der Waals surface area (Å²) in [6.07, 6.45) is 0. The van der Waals surface area contributed by atoms with Crippen LogP contribution in [0.4, 0.5) is 5.69 Å². The van der Waals surface area contributed by atoms with E-state index in [0.29, 0.717) is 12.2 Å². The summed E-state index contributed by atoms with van der Waals surface area (Å²) in [6, 6.07) is 13.5. The van der Waals surface area contributed by atoms with Crippen molar-refractivity contribution in [2.24, 2.45) is 0 Å². The van der Waals surface area contributed by atoms with Crippen molar-refractivity contribution in [2.75, 3.05) is 10.8 Å². The fourth-order valence-corrected chi connectivity index (χ4v) is 4.10. The van der Waals surface area contributed by atoms with E-state index >= 15 is 0 Å². The van der Waals surface area contributed by atoms with Gasteiger partial charge in [-0.25, -0.2) is 8.42 Å². The summed E-state index contributed by atoms with van der Waals surface area (Å²) in [7, 11) is -3.74. The van der Waals surface area contributed by atoms with E-state index in [1.165, 1.54) is 10.4 Å². The maximum Gasteiger partial charge on any atom is 0.265 e. The first kappa shape index (κ1) is 15.2. The molecule has 6 heteroatoms. The van der Waals surface area contributed by atoms with Gasteiger partial charge in [0.1, 0.15) is 4.90 Å². The molecule has 2 aromatic rings. The van der Waals surface area contributed by atoms with E-state index in [1.807, 2.05) is 6.07 Å². The number of halogens is 2. The highest BCUT2D eigenvalue weighted by atomic mass is 35.5. The van der Waals surface area contributed by atoms with Crippen molar-refractivity contribution < 1.29 is 8.42 Å². The number of nitrogens with zero attached hydrogens (tertiary/aromatic N) is 1. The number of anilines is 1. The van der Waals surface area contributed by atoms with Crippen molar-refractivity contribution in [1.82, 2.24) is 0 Å². The molecule has 2 rings (SSSR count). The summed E-state index contributed by atoms with van der Waals surface area (Å²) >= 11 is 11.9. The highest BCUT2D eigenvalue weighted by Crippen LogP contribution is 2.32. The molecule has 3 nitrogen and oxygen atoms in total. The zero-order valence-corrected chi connectivity index (χ0v) is 13.1. The number of rotatable bonds is 4. The standard InChI is InChI=1S/C14H13Cl2NO2S/c1-2-17(11-7-4-3-5-8-11)20(18,19)13-10-6-9-12(15)14(13)16/h3-10H,2H2,1H3. The molecule has 0 radical (unpaired) electrons. The van der Waals surface area contributed by atoms with Gasteiger partial charge in [-0.1, -0.05) is 47.5 Å². The molecule has 0 unspecified atom stereocenters. The fraction of sp³-hybridized carbons (Fsp3) is 0.143. The van der Waals surface area contributed by atoms with Gasteiger partial charge in [0.25, 0.3) is 10.0 Å². The zero-order valence-electron chi connectivity index (χ0n) is 10.8. The first-order chi connectivity index (χ1) is 9.48. The molecule has 2 aromatic carbocycles. The Bertz CT molecular complexity index is 702. The normalized spacial score (nSPS) is 11.3. The van der Waals surface area contributed by atoms with Crippen LogP contribution in [0.15, 0.2) is 53.4 Å². The number of para-hydroxylation sites is 1. The van der Waals surface area contributed by atoms with Gasteiger partial charge in [-0.15, -0.1) is 0 Å². The molecule has 0 aromatic heterocycles. The zero-order chi connectivity index (χ0) is 14.8. The third kappa shape index (κ3) is 2.77. The summed E-state index contributed by atoms with van der Waals surface area (Å²) in [4.78, 5) is 0.0115. The van der Waals surface area contributed by atoms with Gasteiger partial charge in [-0.05, 0) is 31.2 Å². The van der Waals surface area contributed by atoms with Gasteiger partial charge in [-0.3, -0.25) is 4.31 Å². The second-order valence-electron chi connectivity index (χ2n) is 4.06. The summed E-state index contributed by atoms with van der Waals surface area (Å²) in [5, 5.41) is 0.264. The molecule has 106 valence electrons. The van der Waals surface area contributed by atoms with Crippen LogP contribution in [0.25, 0.3) is 0 Å². The van der Waals surface area contributed by atoms with Crippen LogP contribution in [-0.4, -0.2) is 15.0 Å². The Morgan fingerprint density at radius 1 is 1.00 bits per heavy atom. The topological polar surface area (TPSA) is 37.4 Å². The Balaban J connectivity index is 2.56. The fourth-order valence-electron chi connectivity index (χ4n) is 1.89. The van der Waals surface area contributed by atoms with Crippen molar-refractivity contribution in [3.63, 3.8) is 0 Å². The van der Waals surface area contributed by atoms with Gasteiger partial charge in [-0.2, -0.15) is 0 Å². The summed E-state index contributed by atoms with van der Waals surface area (Å²) in [5.41, 5.74) is 0.589. The van der Waals surface area contributed by atoms with E-state index < -0.39 is 10.0 Å². The Morgan fingerprint density at radius 2 is 1.65 bits per heavy atom. The minimum Gasteiger partial charge on any atom is -0.267 e. The lowest BCUT2D eigenvalue weighted by Gasteiger charge is -2.23. The minimum absolute atomic E-state index is 0.0115. The molecule has 20 heavy (non-hydrogen) atoms. The van der Waals surface area contributed by atoms with Crippen LogP contribution >= 0.6 is 23.2 Å². The third-order valence-corrected chi connectivity index (χ3v) is 5.69. The molecule has 0 heterocycles. The number of benzene rings is 2. The molecule has 0 N–H and O–H groups in total. The summed E-state index contributed by atoms with van der Waals surface area (Å²) < 4.78 is 26.7. The van der Waals surface area contributed by atoms with E-state index in [9.17, 15) is 8.42 Å². The van der Waals surface area contributed by atoms with Crippen LogP contribution in [0.5, 0.6) is 0 Å². The Labute approximate surface area is 128 Å². The lowest BCUT2D eigenvalue weighted by atomic mass is 10.3. The highest BCUT2D eigenvalue weighted by molar-refractivity contribution is 7.93. The molecule has 0 saturated heterocycles. The molecule has 0 saturated carbocycles. The summed E-state index contributed by atoms with van der Waals surface area (Å²) in [6.45, 7) is 2.07. The first-order valence-electron chi connectivity index (χ1n) is 6.00. The Kier molecular flexibility index (Phi) is 4.58. The lowest BCUT2D eigenvalue weighted by Crippen LogP contribution is -2.30. The van der Waals surface area contributed by atoms with E-state index in [4.69, 9.17) is 23.2 Å². The molecule has 0 aliphatic rings. The molecule has 0 amide bonds.